The molecular weight excluding hydrogens is 204 g/mol. The minimum absolute atomic E-state index is 0.00625. The molecule has 0 fully saturated rings. The van der Waals surface area contributed by atoms with E-state index in [-0.39, 0.29) is 5.56 Å². The van der Waals surface area contributed by atoms with Crippen molar-refractivity contribution in [3.8, 4) is 0 Å². The average molecular weight is 224 g/mol. The molecule has 1 N–H and O–H groups in total. The van der Waals surface area contributed by atoms with Crippen LogP contribution in [0.15, 0.2) is 23.1 Å². The average Bonchev–Trinajstić information content (AvgIpc) is 2.29. The van der Waals surface area contributed by atoms with E-state index in [0.29, 0.717) is 19.2 Å². The fraction of sp³-hybridized carbons (Fsp3) is 0.583. The summed E-state index contributed by atoms with van der Waals surface area (Å²) in [6, 6.07) is 3.81. The normalized spacial score (nSPS) is 12.4. The summed E-state index contributed by atoms with van der Waals surface area (Å²) >= 11 is 0. The molecule has 0 aliphatic heterocycles. The van der Waals surface area contributed by atoms with Crippen molar-refractivity contribution in [3.05, 3.63) is 28.7 Å². The van der Waals surface area contributed by atoms with E-state index in [4.69, 9.17) is 4.74 Å². The SMILES string of the molecule is CCC(C)Nc1ccc(=O)n(CCOC)c1. The minimum atomic E-state index is 0.00625. The number of methoxy groups -OCH3 is 1. The Hall–Kier alpha value is -1.29. The van der Waals surface area contributed by atoms with E-state index in [1.165, 1.54) is 0 Å². The molecule has 0 aliphatic rings. The quantitative estimate of drug-likeness (QED) is 0.800. The molecule has 0 saturated heterocycles. The maximum absolute atomic E-state index is 11.5. The van der Waals surface area contributed by atoms with E-state index < -0.39 is 0 Å². The fourth-order valence-electron chi connectivity index (χ4n) is 1.37. The molecule has 0 aliphatic carbocycles. The predicted octanol–water partition coefficient (Wildman–Crippen LogP) is 1.71. The Morgan fingerprint density at radius 2 is 2.25 bits per heavy atom. The third-order valence-corrected chi connectivity index (χ3v) is 2.55. The molecular formula is C12H20N2O2. The van der Waals surface area contributed by atoms with Crippen LogP contribution in [0.4, 0.5) is 5.69 Å². The molecule has 0 bridgehead atoms. The van der Waals surface area contributed by atoms with Gasteiger partial charge in [0.05, 0.1) is 12.3 Å². The lowest BCUT2D eigenvalue weighted by Gasteiger charge is -2.14. The second-order valence-electron chi connectivity index (χ2n) is 3.90. The van der Waals surface area contributed by atoms with Gasteiger partial charge in [-0.2, -0.15) is 0 Å². The first-order chi connectivity index (χ1) is 7.67. The van der Waals surface area contributed by atoms with Crippen molar-refractivity contribution >= 4 is 5.69 Å². The van der Waals surface area contributed by atoms with Crippen molar-refractivity contribution in [2.75, 3.05) is 19.0 Å². The van der Waals surface area contributed by atoms with Gasteiger partial charge >= 0.3 is 0 Å². The van der Waals surface area contributed by atoms with Crippen LogP contribution in [0.2, 0.25) is 0 Å². The van der Waals surface area contributed by atoms with E-state index in [1.54, 1.807) is 17.7 Å². The summed E-state index contributed by atoms with van der Waals surface area (Å²) in [6.07, 6.45) is 2.89. The lowest BCUT2D eigenvalue weighted by molar-refractivity contribution is 0.186. The molecule has 0 aromatic carbocycles. The van der Waals surface area contributed by atoms with Gasteiger partial charge in [-0.15, -0.1) is 0 Å². The van der Waals surface area contributed by atoms with Gasteiger partial charge in [0.1, 0.15) is 0 Å². The summed E-state index contributed by atoms with van der Waals surface area (Å²) in [6.45, 7) is 5.38. The second kappa shape index (κ2) is 6.33. The van der Waals surface area contributed by atoms with E-state index >= 15 is 0 Å². The van der Waals surface area contributed by atoms with Gasteiger partial charge < -0.3 is 14.6 Å². The molecule has 0 amide bonds. The molecule has 1 aromatic heterocycles. The number of rotatable bonds is 6. The smallest absolute Gasteiger partial charge is 0.250 e. The van der Waals surface area contributed by atoms with Crippen LogP contribution in [-0.4, -0.2) is 24.3 Å². The zero-order valence-corrected chi connectivity index (χ0v) is 10.2. The topological polar surface area (TPSA) is 43.3 Å². The van der Waals surface area contributed by atoms with E-state index in [9.17, 15) is 4.79 Å². The largest absolute Gasteiger partial charge is 0.383 e. The number of aromatic nitrogens is 1. The molecule has 0 spiro atoms. The Kier molecular flexibility index (Phi) is 5.05. The molecule has 1 atom stereocenters. The maximum Gasteiger partial charge on any atom is 0.250 e. The summed E-state index contributed by atoms with van der Waals surface area (Å²) in [5, 5.41) is 3.34. The van der Waals surface area contributed by atoms with Gasteiger partial charge in [-0.25, -0.2) is 0 Å². The molecule has 1 unspecified atom stereocenters. The molecule has 1 rings (SSSR count). The molecule has 4 nitrogen and oxygen atoms in total. The maximum atomic E-state index is 11.5. The number of anilines is 1. The van der Waals surface area contributed by atoms with Crippen LogP contribution in [0, 0.1) is 0 Å². The minimum Gasteiger partial charge on any atom is -0.383 e. The number of hydrogen-bond acceptors (Lipinski definition) is 3. The van der Waals surface area contributed by atoms with Crippen LogP contribution in [0.3, 0.4) is 0 Å². The van der Waals surface area contributed by atoms with Gasteiger partial charge in [0, 0.05) is 32.0 Å². The first-order valence-electron chi connectivity index (χ1n) is 5.63. The number of nitrogens with zero attached hydrogens (tertiary/aromatic N) is 1. The lowest BCUT2D eigenvalue weighted by atomic mass is 10.2. The van der Waals surface area contributed by atoms with E-state index in [1.807, 2.05) is 12.3 Å². The van der Waals surface area contributed by atoms with Crippen LogP contribution >= 0.6 is 0 Å². The van der Waals surface area contributed by atoms with Gasteiger partial charge in [0.25, 0.3) is 5.56 Å². The molecule has 0 saturated carbocycles. The number of hydrogen-bond donors (Lipinski definition) is 1. The van der Waals surface area contributed by atoms with E-state index in [0.717, 1.165) is 12.1 Å². The van der Waals surface area contributed by atoms with Gasteiger partial charge in [-0.1, -0.05) is 6.92 Å². The summed E-state index contributed by atoms with van der Waals surface area (Å²) in [7, 11) is 1.63. The van der Waals surface area contributed by atoms with Gasteiger partial charge in [0.15, 0.2) is 0 Å². The molecule has 4 heteroatoms. The Labute approximate surface area is 96.2 Å². The lowest BCUT2D eigenvalue weighted by Crippen LogP contribution is -2.22. The van der Waals surface area contributed by atoms with Crippen LogP contribution in [0.25, 0.3) is 0 Å². The summed E-state index contributed by atoms with van der Waals surface area (Å²) < 4.78 is 6.62. The third-order valence-electron chi connectivity index (χ3n) is 2.55. The first-order valence-corrected chi connectivity index (χ1v) is 5.63. The highest BCUT2D eigenvalue weighted by atomic mass is 16.5. The van der Waals surface area contributed by atoms with Crippen LogP contribution < -0.4 is 10.9 Å². The molecule has 0 radical (unpaired) electrons. The number of ether oxygens (including phenoxy) is 1. The third kappa shape index (κ3) is 3.70. The highest BCUT2D eigenvalue weighted by molar-refractivity contribution is 5.41. The Balaban J connectivity index is 2.76. The van der Waals surface area contributed by atoms with Crippen LogP contribution in [0.5, 0.6) is 0 Å². The standard InChI is InChI=1S/C12H20N2O2/c1-4-10(2)13-11-5-6-12(15)14(9-11)7-8-16-3/h5-6,9-10,13H,4,7-8H2,1-3H3. The van der Waals surface area contributed by atoms with Crippen molar-refractivity contribution in [1.82, 2.24) is 4.57 Å². The van der Waals surface area contributed by atoms with Crippen molar-refractivity contribution in [2.45, 2.75) is 32.9 Å². The fourth-order valence-corrected chi connectivity index (χ4v) is 1.37. The zero-order chi connectivity index (χ0) is 12.0. The molecule has 16 heavy (non-hydrogen) atoms. The van der Waals surface area contributed by atoms with Gasteiger partial charge in [-0.05, 0) is 19.4 Å². The highest BCUT2D eigenvalue weighted by Gasteiger charge is 2.01. The van der Waals surface area contributed by atoms with Crippen LogP contribution in [0.1, 0.15) is 20.3 Å². The Morgan fingerprint density at radius 3 is 2.88 bits per heavy atom. The number of pyridine rings is 1. The first kappa shape index (κ1) is 12.8. The van der Waals surface area contributed by atoms with Gasteiger partial charge in [-0.3, -0.25) is 4.79 Å². The van der Waals surface area contributed by atoms with Crippen molar-refractivity contribution < 1.29 is 4.74 Å². The predicted molar refractivity (Wildman–Crippen MR) is 66.0 cm³/mol. The zero-order valence-electron chi connectivity index (χ0n) is 10.2. The van der Waals surface area contributed by atoms with Crippen molar-refractivity contribution in [2.24, 2.45) is 0 Å². The number of nitrogens with one attached hydrogen (secondary N) is 1. The highest BCUT2D eigenvalue weighted by Crippen LogP contribution is 2.06. The van der Waals surface area contributed by atoms with Gasteiger partial charge in [0.2, 0.25) is 0 Å². The van der Waals surface area contributed by atoms with Crippen LogP contribution in [-0.2, 0) is 11.3 Å². The Morgan fingerprint density at radius 1 is 1.50 bits per heavy atom. The molecule has 90 valence electrons. The second-order valence-corrected chi connectivity index (χ2v) is 3.90. The van der Waals surface area contributed by atoms with Crippen molar-refractivity contribution in [3.63, 3.8) is 0 Å². The monoisotopic (exact) mass is 224 g/mol. The Bertz CT molecular complexity index is 374. The summed E-state index contributed by atoms with van der Waals surface area (Å²) in [4.78, 5) is 11.5. The summed E-state index contributed by atoms with van der Waals surface area (Å²) in [5.74, 6) is 0. The molecule has 1 aromatic rings. The van der Waals surface area contributed by atoms with Crippen molar-refractivity contribution in [1.29, 1.82) is 0 Å². The van der Waals surface area contributed by atoms with E-state index in [2.05, 4.69) is 19.2 Å². The molecule has 1 heterocycles. The summed E-state index contributed by atoms with van der Waals surface area (Å²) in [5.41, 5.74) is 0.983.